The Balaban J connectivity index is 2.24. The van der Waals surface area contributed by atoms with Crippen molar-refractivity contribution in [1.29, 1.82) is 0 Å². The van der Waals surface area contributed by atoms with Crippen LogP contribution in [0.4, 0.5) is 0 Å². The zero-order chi connectivity index (χ0) is 13.2. The van der Waals surface area contributed by atoms with E-state index in [2.05, 4.69) is 11.1 Å². The van der Waals surface area contributed by atoms with Crippen molar-refractivity contribution >= 4 is 17.2 Å². The van der Waals surface area contributed by atoms with Crippen LogP contribution in [-0.2, 0) is 0 Å². The smallest absolute Gasteiger partial charge is 0.150 e. The molecule has 0 amide bonds. The van der Waals surface area contributed by atoms with Gasteiger partial charge in [0.1, 0.15) is 0 Å². The van der Waals surface area contributed by atoms with Gasteiger partial charge >= 0.3 is 0 Å². The summed E-state index contributed by atoms with van der Waals surface area (Å²) in [6.45, 7) is 2.02. The highest BCUT2D eigenvalue weighted by Crippen LogP contribution is 2.26. The van der Waals surface area contributed by atoms with Crippen molar-refractivity contribution in [3.63, 3.8) is 0 Å². The maximum absolute atomic E-state index is 11.2. The Hall–Kier alpha value is -2.48. The number of aryl methyl sites for hydroxylation is 1. The van der Waals surface area contributed by atoms with Crippen molar-refractivity contribution in [2.24, 2.45) is 0 Å². The van der Waals surface area contributed by atoms with Crippen molar-refractivity contribution in [3.8, 4) is 11.1 Å². The highest BCUT2D eigenvalue weighted by molar-refractivity contribution is 5.90. The number of nitrogens with zero attached hydrogens (tertiary/aromatic N) is 1. The van der Waals surface area contributed by atoms with Gasteiger partial charge in [-0.1, -0.05) is 42.0 Å². The molecule has 0 saturated heterocycles. The molecule has 2 heteroatoms. The molecule has 0 aliphatic carbocycles. The van der Waals surface area contributed by atoms with E-state index >= 15 is 0 Å². The molecule has 19 heavy (non-hydrogen) atoms. The molecule has 0 N–H and O–H groups in total. The van der Waals surface area contributed by atoms with E-state index in [0.29, 0.717) is 5.56 Å². The monoisotopic (exact) mass is 247 g/mol. The molecule has 2 aromatic carbocycles. The molecule has 0 unspecified atom stereocenters. The van der Waals surface area contributed by atoms with Gasteiger partial charge in [0, 0.05) is 22.7 Å². The van der Waals surface area contributed by atoms with Gasteiger partial charge in [0.25, 0.3) is 0 Å². The third-order valence-electron chi connectivity index (χ3n) is 3.24. The maximum Gasteiger partial charge on any atom is 0.150 e. The molecular formula is C17H13NO. The van der Waals surface area contributed by atoms with E-state index in [1.165, 1.54) is 0 Å². The lowest BCUT2D eigenvalue weighted by molar-refractivity contribution is 0.112. The van der Waals surface area contributed by atoms with Crippen LogP contribution < -0.4 is 0 Å². The van der Waals surface area contributed by atoms with E-state index in [-0.39, 0.29) is 0 Å². The fourth-order valence-corrected chi connectivity index (χ4v) is 2.24. The van der Waals surface area contributed by atoms with Crippen molar-refractivity contribution in [3.05, 3.63) is 65.9 Å². The average Bonchev–Trinajstić information content (AvgIpc) is 2.46. The Labute approximate surface area is 111 Å². The standard InChI is InChI=1S/C17H13NO/c1-12-6-7-14(11-19)16(8-12)15-9-13-4-2-3-5-17(13)18-10-15/h2-11H,1H3. The lowest BCUT2D eigenvalue weighted by Gasteiger charge is -2.07. The molecule has 0 saturated carbocycles. The minimum Gasteiger partial charge on any atom is -0.298 e. The number of hydrogen-bond donors (Lipinski definition) is 0. The van der Waals surface area contributed by atoms with Gasteiger partial charge in [-0.25, -0.2) is 0 Å². The Morgan fingerprint density at radius 1 is 1.05 bits per heavy atom. The summed E-state index contributed by atoms with van der Waals surface area (Å²) in [4.78, 5) is 15.6. The molecule has 0 aliphatic rings. The number of fused-ring (bicyclic) bond motifs is 1. The number of aldehydes is 1. The zero-order valence-electron chi connectivity index (χ0n) is 10.6. The second-order valence-electron chi connectivity index (χ2n) is 4.63. The van der Waals surface area contributed by atoms with Crippen LogP contribution in [0.2, 0.25) is 0 Å². The topological polar surface area (TPSA) is 30.0 Å². The molecule has 0 bridgehead atoms. The Morgan fingerprint density at radius 2 is 1.89 bits per heavy atom. The van der Waals surface area contributed by atoms with Crippen LogP contribution in [0.3, 0.4) is 0 Å². The minimum atomic E-state index is 0.697. The number of carbonyl (C=O) groups excluding carboxylic acids is 1. The summed E-state index contributed by atoms with van der Waals surface area (Å²) in [7, 11) is 0. The number of benzene rings is 2. The van der Waals surface area contributed by atoms with Gasteiger partial charge in [-0.2, -0.15) is 0 Å². The number of carbonyl (C=O) groups is 1. The highest BCUT2D eigenvalue weighted by Gasteiger charge is 2.06. The van der Waals surface area contributed by atoms with Gasteiger partial charge < -0.3 is 0 Å². The summed E-state index contributed by atoms with van der Waals surface area (Å²) in [5.41, 5.74) is 4.71. The normalized spacial score (nSPS) is 10.6. The molecule has 0 aliphatic heterocycles. The molecule has 92 valence electrons. The molecule has 2 nitrogen and oxygen atoms in total. The maximum atomic E-state index is 11.2. The van der Waals surface area contributed by atoms with E-state index in [4.69, 9.17) is 0 Å². The predicted octanol–water partition coefficient (Wildman–Crippen LogP) is 4.02. The zero-order valence-corrected chi connectivity index (χ0v) is 10.6. The molecule has 0 spiro atoms. The Kier molecular flexibility index (Phi) is 2.84. The first-order chi connectivity index (χ1) is 9.28. The van der Waals surface area contributed by atoms with E-state index in [1.54, 1.807) is 0 Å². The first kappa shape index (κ1) is 11.6. The van der Waals surface area contributed by atoms with Crippen molar-refractivity contribution < 1.29 is 4.79 Å². The number of rotatable bonds is 2. The van der Waals surface area contributed by atoms with E-state index in [1.807, 2.05) is 55.6 Å². The third kappa shape index (κ3) is 2.13. The van der Waals surface area contributed by atoms with Gasteiger partial charge in [0.15, 0.2) is 6.29 Å². The fraction of sp³-hybridized carbons (Fsp3) is 0.0588. The Morgan fingerprint density at radius 3 is 2.74 bits per heavy atom. The quantitative estimate of drug-likeness (QED) is 0.640. The van der Waals surface area contributed by atoms with Crippen LogP contribution in [0, 0.1) is 6.92 Å². The third-order valence-corrected chi connectivity index (χ3v) is 3.24. The molecule has 3 rings (SSSR count). The summed E-state index contributed by atoms with van der Waals surface area (Å²) in [5.74, 6) is 0. The van der Waals surface area contributed by atoms with Crippen LogP contribution >= 0.6 is 0 Å². The van der Waals surface area contributed by atoms with Crippen molar-refractivity contribution in [1.82, 2.24) is 4.98 Å². The first-order valence-corrected chi connectivity index (χ1v) is 6.19. The second kappa shape index (κ2) is 4.65. The minimum absolute atomic E-state index is 0.697. The summed E-state index contributed by atoms with van der Waals surface area (Å²) in [5, 5.41) is 1.08. The molecule has 0 radical (unpaired) electrons. The van der Waals surface area contributed by atoms with Crippen molar-refractivity contribution in [2.75, 3.05) is 0 Å². The number of aromatic nitrogens is 1. The number of para-hydroxylation sites is 1. The Bertz CT molecular complexity index is 762. The van der Waals surface area contributed by atoms with E-state index < -0.39 is 0 Å². The van der Waals surface area contributed by atoms with Gasteiger partial charge in [0.05, 0.1) is 5.52 Å². The molecule has 1 aromatic heterocycles. The molecular weight excluding hydrogens is 234 g/mol. The molecule has 0 fully saturated rings. The average molecular weight is 247 g/mol. The van der Waals surface area contributed by atoms with E-state index in [0.717, 1.165) is 33.9 Å². The predicted molar refractivity (Wildman–Crippen MR) is 77.3 cm³/mol. The van der Waals surface area contributed by atoms with Crippen LogP contribution in [0.25, 0.3) is 22.0 Å². The van der Waals surface area contributed by atoms with Crippen molar-refractivity contribution in [2.45, 2.75) is 6.92 Å². The second-order valence-corrected chi connectivity index (χ2v) is 4.63. The van der Waals surface area contributed by atoms with E-state index in [9.17, 15) is 4.79 Å². The molecule has 1 heterocycles. The first-order valence-electron chi connectivity index (χ1n) is 6.19. The SMILES string of the molecule is Cc1ccc(C=O)c(-c2cnc3ccccc3c2)c1. The number of pyridine rings is 1. The summed E-state index contributed by atoms with van der Waals surface area (Å²) in [6, 6.07) is 15.9. The lowest BCUT2D eigenvalue weighted by atomic mass is 9.98. The van der Waals surface area contributed by atoms with Crippen LogP contribution in [0.15, 0.2) is 54.7 Å². The molecule has 0 atom stereocenters. The molecule has 3 aromatic rings. The van der Waals surface area contributed by atoms with Gasteiger partial charge in [0.2, 0.25) is 0 Å². The summed E-state index contributed by atoms with van der Waals surface area (Å²) >= 11 is 0. The lowest BCUT2D eigenvalue weighted by Crippen LogP contribution is -1.90. The van der Waals surface area contributed by atoms with Crippen LogP contribution in [-0.4, -0.2) is 11.3 Å². The summed E-state index contributed by atoms with van der Waals surface area (Å²) in [6.07, 6.45) is 2.72. The van der Waals surface area contributed by atoms with Gasteiger partial charge in [-0.05, 0) is 24.6 Å². The summed E-state index contributed by atoms with van der Waals surface area (Å²) < 4.78 is 0. The van der Waals surface area contributed by atoms with Crippen LogP contribution in [0.5, 0.6) is 0 Å². The van der Waals surface area contributed by atoms with Crippen LogP contribution in [0.1, 0.15) is 15.9 Å². The fourth-order valence-electron chi connectivity index (χ4n) is 2.24. The van der Waals surface area contributed by atoms with Gasteiger partial charge in [-0.3, -0.25) is 9.78 Å². The largest absolute Gasteiger partial charge is 0.298 e. The van der Waals surface area contributed by atoms with Gasteiger partial charge in [-0.15, -0.1) is 0 Å². The number of hydrogen-bond acceptors (Lipinski definition) is 2. The highest BCUT2D eigenvalue weighted by atomic mass is 16.1.